The predicted molar refractivity (Wildman–Crippen MR) is 75.9 cm³/mol. The number of rotatable bonds is 4. The Labute approximate surface area is 117 Å². The minimum atomic E-state index is -0.0826. The molecule has 0 atom stereocenters. The molecule has 1 aromatic rings. The number of nitrogens with two attached hydrogens (primary N) is 1. The van der Waals surface area contributed by atoms with Crippen LogP contribution >= 0.6 is 11.6 Å². The number of hydrogen-bond acceptors (Lipinski definition) is 4. The van der Waals surface area contributed by atoms with E-state index < -0.39 is 0 Å². The van der Waals surface area contributed by atoms with E-state index in [0.717, 1.165) is 26.0 Å². The van der Waals surface area contributed by atoms with Crippen molar-refractivity contribution in [2.24, 2.45) is 0 Å². The average molecular weight is 284 g/mol. The van der Waals surface area contributed by atoms with Gasteiger partial charge in [0.05, 0.1) is 17.3 Å². The number of carbonyl (C=O) groups excluding carboxylic acids is 1. The summed E-state index contributed by atoms with van der Waals surface area (Å²) in [6.45, 7) is 2.22. The van der Waals surface area contributed by atoms with E-state index in [1.54, 1.807) is 18.2 Å². The Kier molecular flexibility index (Phi) is 5.01. The molecule has 5 nitrogen and oxygen atoms in total. The van der Waals surface area contributed by atoms with Crippen molar-refractivity contribution in [3.8, 4) is 0 Å². The smallest absolute Gasteiger partial charge is 0.225 e. The monoisotopic (exact) mass is 283 g/mol. The number of halogens is 1. The number of benzene rings is 1. The van der Waals surface area contributed by atoms with Gasteiger partial charge in [0.25, 0.3) is 0 Å². The molecule has 3 N–H and O–H groups in total. The summed E-state index contributed by atoms with van der Waals surface area (Å²) in [5.41, 5.74) is 6.75. The molecule has 0 spiro atoms. The van der Waals surface area contributed by atoms with Crippen LogP contribution in [0, 0.1) is 0 Å². The Balaban J connectivity index is 1.80. The first-order valence-electron chi connectivity index (χ1n) is 6.38. The van der Waals surface area contributed by atoms with E-state index in [9.17, 15) is 4.79 Å². The molecule has 1 fully saturated rings. The zero-order valence-electron chi connectivity index (χ0n) is 10.7. The molecule has 19 heavy (non-hydrogen) atoms. The second kappa shape index (κ2) is 6.75. The molecular formula is C13H18ClN3O2. The maximum absolute atomic E-state index is 11.8. The third-order valence-electron chi connectivity index (χ3n) is 2.93. The lowest BCUT2D eigenvalue weighted by Crippen LogP contribution is -2.32. The van der Waals surface area contributed by atoms with Gasteiger partial charge in [-0.25, -0.2) is 0 Å². The van der Waals surface area contributed by atoms with Crippen molar-refractivity contribution in [1.29, 1.82) is 0 Å². The summed E-state index contributed by atoms with van der Waals surface area (Å²) >= 11 is 5.99. The van der Waals surface area contributed by atoms with Gasteiger partial charge in [0.15, 0.2) is 0 Å². The molecule has 0 saturated carbocycles. The van der Waals surface area contributed by atoms with Gasteiger partial charge in [-0.05, 0) is 31.0 Å². The lowest BCUT2D eigenvalue weighted by molar-refractivity contribution is -0.181. The summed E-state index contributed by atoms with van der Waals surface area (Å²) in [5.74, 6) is -0.0826. The highest BCUT2D eigenvalue weighted by molar-refractivity contribution is 6.34. The van der Waals surface area contributed by atoms with Gasteiger partial charge in [0.2, 0.25) is 5.91 Å². The van der Waals surface area contributed by atoms with E-state index >= 15 is 0 Å². The first-order valence-corrected chi connectivity index (χ1v) is 6.76. The number of amides is 1. The summed E-state index contributed by atoms with van der Waals surface area (Å²) in [5, 5.41) is 5.06. The summed E-state index contributed by atoms with van der Waals surface area (Å²) in [6.07, 6.45) is 2.58. The lowest BCUT2D eigenvalue weighted by Gasteiger charge is -2.25. The maximum Gasteiger partial charge on any atom is 0.225 e. The topological polar surface area (TPSA) is 67.6 Å². The fraction of sp³-hybridized carbons (Fsp3) is 0.462. The SMILES string of the molecule is Nc1ccc(NC(=O)CCN2CCCCO2)c(Cl)c1. The minimum absolute atomic E-state index is 0.0826. The van der Waals surface area contributed by atoms with Crippen molar-refractivity contribution in [2.75, 3.05) is 30.7 Å². The number of nitrogens with one attached hydrogen (secondary N) is 1. The van der Waals surface area contributed by atoms with E-state index in [1.807, 2.05) is 5.06 Å². The number of nitrogen functional groups attached to an aromatic ring is 1. The Bertz CT molecular complexity index is 448. The van der Waals surface area contributed by atoms with Crippen LogP contribution in [0.3, 0.4) is 0 Å². The second-order valence-electron chi connectivity index (χ2n) is 4.51. The highest BCUT2D eigenvalue weighted by Crippen LogP contribution is 2.24. The summed E-state index contributed by atoms with van der Waals surface area (Å²) < 4.78 is 0. The number of hydrogen-bond donors (Lipinski definition) is 2. The Morgan fingerprint density at radius 3 is 3.00 bits per heavy atom. The first-order chi connectivity index (χ1) is 9.15. The second-order valence-corrected chi connectivity index (χ2v) is 4.91. The maximum atomic E-state index is 11.8. The van der Waals surface area contributed by atoms with Crippen molar-refractivity contribution in [3.05, 3.63) is 23.2 Å². The first kappa shape index (κ1) is 14.1. The minimum Gasteiger partial charge on any atom is -0.399 e. The molecule has 0 unspecified atom stereocenters. The van der Waals surface area contributed by atoms with Crippen LogP contribution in [0.15, 0.2) is 18.2 Å². The fourth-order valence-corrected chi connectivity index (χ4v) is 2.13. The average Bonchev–Trinajstić information content (AvgIpc) is 2.41. The standard InChI is InChI=1S/C13H18ClN3O2/c14-11-9-10(15)3-4-12(11)16-13(18)5-7-17-6-1-2-8-19-17/h3-4,9H,1-2,5-8,15H2,(H,16,18). The molecule has 1 aliphatic heterocycles. The summed E-state index contributed by atoms with van der Waals surface area (Å²) in [7, 11) is 0. The van der Waals surface area contributed by atoms with Crippen LogP contribution in [0.5, 0.6) is 0 Å². The highest BCUT2D eigenvalue weighted by Gasteiger charge is 2.13. The van der Waals surface area contributed by atoms with Gasteiger partial charge in [0.1, 0.15) is 0 Å². The van der Waals surface area contributed by atoms with Gasteiger partial charge < -0.3 is 11.1 Å². The Morgan fingerprint density at radius 1 is 1.47 bits per heavy atom. The molecule has 0 aromatic heterocycles. The van der Waals surface area contributed by atoms with E-state index in [-0.39, 0.29) is 5.91 Å². The molecule has 104 valence electrons. The molecule has 1 heterocycles. The normalized spacial score (nSPS) is 16.3. The molecule has 1 aliphatic rings. The molecule has 1 aromatic carbocycles. The quantitative estimate of drug-likeness (QED) is 0.832. The third-order valence-corrected chi connectivity index (χ3v) is 3.24. The number of anilines is 2. The van der Waals surface area contributed by atoms with Crippen LogP contribution in [0.2, 0.25) is 5.02 Å². The number of nitrogens with zero attached hydrogens (tertiary/aromatic N) is 1. The molecule has 0 radical (unpaired) electrons. The molecule has 6 heteroatoms. The summed E-state index contributed by atoms with van der Waals surface area (Å²) in [4.78, 5) is 17.2. The fourth-order valence-electron chi connectivity index (χ4n) is 1.90. The molecule has 0 bridgehead atoms. The molecular weight excluding hydrogens is 266 g/mol. The van der Waals surface area contributed by atoms with Crippen LogP contribution in [0.1, 0.15) is 19.3 Å². The van der Waals surface area contributed by atoms with Crippen molar-refractivity contribution in [3.63, 3.8) is 0 Å². The van der Waals surface area contributed by atoms with E-state index in [2.05, 4.69) is 5.32 Å². The molecule has 2 rings (SSSR count). The van der Waals surface area contributed by atoms with Crippen LogP contribution in [-0.2, 0) is 9.63 Å². The zero-order valence-corrected chi connectivity index (χ0v) is 11.4. The zero-order chi connectivity index (χ0) is 13.7. The Hall–Kier alpha value is -1.30. The van der Waals surface area contributed by atoms with Crippen LogP contribution < -0.4 is 11.1 Å². The van der Waals surface area contributed by atoms with Crippen molar-refractivity contribution >= 4 is 28.9 Å². The molecule has 0 aliphatic carbocycles. The van der Waals surface area contributed by atoms with Crippen molar-refractivity contribution in [2.45, 2.75) is 19.3 Å². The van der Waals surface area contributed by atoms with Crippen molar-refractivity contribution < 1.29 is 9.63 Å². The number of carbonyl (C=O) groups is 1. The van der Waals surface area contributed by atoms with Gasteiger partial charge in [-0.3, -0.25) is 9.63 Å². The van der Waals surface area contributed by atoms with Gasteiger partial charge in [0, 0.05) is 25.2 Å². The molecule has 1 saturated heterocycles. The Morgan fingerprint density at radius 2 is 2.32 bits per heavy atom. The molecule has 1 amide bonds. The van der Waals surface area contributed by atoms with Gasteiger partial charge in [-0.1, -0.05) is 11.6 Å². The van der Waals surface area contributed by atoms with E-state index in [4.69, 9.17) is 22.2 Å². The van der Waals surface area contributed by atoms with E-state index in [0.29, 0.717) is 29.4 Å². The van der Waals surface area contributed by atoms with Gasteiger partial charge in [-0.2, -0.15) is 5.06 Å². The number of hydroxylamine groups is 2. The third kappa shape index (κ3) is 4.38. The highest BCUT2D eigenvalue weighted by atomic mass is 35.5. The lowest BCUT2D eigenvalue weighted by atomic mass is 10.2. The largest absolute Gasteiger partial charge is 0.399 e. The van der Waals surface area contributed by atoms with Crippen LogP contribution in [0.25, 0.3) is 0 Å². The van der Waals surface area contributed by atoms with Crippen molar-refractivity contribution in [1.82, 2.24) is 5.06 Å². The summed E-state index contributed by atoms with van der Waals surface area (Å²) in [6, 6.07) is 5.02. The van der Waals surface area contributed by atoms with E-state index in [1.165, 1.54) is 0 Å². The predicted octanol–water partition coefficient (Wildman–Crippen LogP) is 2.28. The van der Waals surface area contributed by atoms with Crippen LogP contribution in [0.4, 0.5) is 11.4 Å². The van der Waals surface area contributed by atoms with Crippen LogP contribution in [-0.4, -0.2) is 30.7 Å². The van der Waals surface area contributed by atoms with Gasteiger partial charge >= 0.3 is 0 Å². The van der Waals surface area contributed by atoms with Gasteiger partial charge in [-0.15, -0.1) is 0 Å².